The molecule has 33 heavy (non-hydrogen) atoms. The van der Waals surface area contributed by atoms with Gasteiger partial charge in [0.1, 0.15) is 11.6 Å². The van der Waals surface area contributed by atoms with Crippen LogP contribution in [0.2, 0.25) is 10.0 Å². The highest BCUT2D eigenvalue weighted by Gasteiger charge is 2.20. The quantitative estimate of drug-likeness (QED) is 0.338. The average Bonchev–Trinajstić information content (AvgIpc) is 3.15. The van der Waals surface area contributed by atoms with Gasteiger partial charge < -0.3 is 14.6 Å². The maximum atomic E-state index is 12.7. The number of imidazole rings is 1. The van der Waals surface area contributed by atoms with Crippen LogP contribution in [0.25, 0.3) is 11.0 Å². The topological polar surface area (TPSA) is 56.1 Å². The minimum Gasteiger partial charge on any atom is -0.483 e. The van der Waals surface area contributed by atoms with Crippen LogP contribution in [0.5, 0.6) is 5.75 Å². The molecular formula is C26H25Cl2N3O2. The first-order chi connectivity index (χ1) is 15.8. The fraction of sp³-hybridized carbons (Fsp3) is 0.231. The highest BCUT2D eigenvalue weighted by molar-refractivity contribution is 6.36. The van der Waals surface area contributed by atoms with Crippen molar-refractivity contribution in [3.63, 3.8) is 0 Å². The Morgan fingerprint density at radius 3 is 2.55 bits per heavy atom. The zero-order valence-corrected chi connectivity index (χ0v) is 20.2. The summed E-state index contributed by atoms with van der Waals surface area (Å²) < 4.78 is 7.80. The summed E-state index contributed by atoms with van der Waals surface area (Å²) in [5.74, 6) is 1.20. The zero-order valence-electron chi connectivity index (χ0n) is 18.7. The van der Waals surface area contributed by atoms with Gasteiger partial charge in [0, 0.05) is 15.6 Å². The van der Waals surface area contributed by atoms with Crippen molar-refractivity contribution in [1.82, 2.24) is 14.9 Å². The van der Waals surface area contributed by atoms with Crippen molar-refractivity contribution in [2.45, 2.75) is 33.4 Å². The minimum absolute atomic E-state index is 0.0782. The van der Waals surface area contributed by atoms with E-state index >= 15 is 0 Å². The molecule has 1 amide bonds. The number of nitrogens with zero attached hydrogens (tertiary/aromatic N) is 2. The average molecular weight is 482 g/mol. The molecule has 7 heteroatoms. The van der Waals surface area contributed by atoms with Crippen molar-refractivity contribution in [1.29, 1.82) is 0 Å². The number of carbonyl (C=O) groups is 1. The van der Waals surface area contributed by atoms with E-state index in [1.807, 2.05) is 86.0 Å². The van der Waals surface area contributed by atoms with Gasteiger partial charge in [-0.1, -0.05) is 53.5 Å². The van der Waals surface area contributed by atoms with E-state index in [9.17, 15) is 4.79 Å². The van der Waals surface area contributed by atoms with Crippen LogP contribution >= 0.6 is 23.2 Å². The molecule has 1 N–H and O–H groups in total. The van der Waals surface area contributed by atoms with Crippen molar-refractivity contribution in [2.75, 3.05) is 6.61 Å². The molecule has 3 aromatic carbocycles. The van der Waals surface area contributed by atoms with Crippen LogP contribution in [-0.2, 0) is 11.3 Å². The molecule has 0 bridgehead atoms. The summed E-state index contributed by atoms with van der Waals surface area (Å²) in [5, 5.41) is 4.18. The van der Waals surface area contributed by atoms with Gasteiger partial charge in [0.05, 0.1) is 23.6 Å². The first-order valence-corrected chi connectivity index (χ1v) is 11.5. The van der Waals surface area contributed by atoms with Gasteiger partial charge in [0.15, 0.2) is 6.61 Å². The molecule has 1 aromatic heterocycles. The number of para-hydroxylation sites is 2. The van der Waals surface area contributed by atoms with Crippen LogP contribution in [0.15, 0.2) is 60.7 Å². The molecule has 1 atom stereocenters. The molecule has 0 aliphatic heterocycles. The Kier molecular flexibility index (Phi) is 6.91. The lowest BCUT2D eigenvalue weighted by Gasteiger charge is -2.18. The van der Waals surface area contributed by atoms with Crippen LogP contribution in [0, 0.1) is 13.8 Å². The lowest BCUT2D eigenvalue weighted by molar-refractivity contribution is -0.123. The van der Waals surface area contributed by atoms with E-state index in [-0.39, 0.29) is 18.6 Å². The third-order valence-electron chi connectivity index (χ3n) is 5.53. The number of benzene rings is 3. The number of hydrogen-bond donors (Lipinski definition) is 1. The maximum Gasteiger partial charge on any atom is 0.258 e. The van der Waals surface area contributed by atoms with Gasteiger partial charge >= 0.3 is 0 Å². The normalized spacial score (nSPS) is 12.0. The standard InChI is InChI=1S/C26H25Cl2N3O2/c1-16-11-12-17(2)24(13-16)33-15-25(32)29-18(3)26-30-22-9-4-5-10-23(22)31(26)14-19-20(27)7-6-8-21(19)28/h4-13,18H,14-15H2,1-3H3,(H,29,32). The van der Waals surface area contributed by atoms with Gasteiger partial charge in [0.2, 0.25) is 0 Å². The number of carbonyl (C=O) groups excluding carboxylic acids is 1. The van der Waals surface area contributed by atoms with Crippen LogP contribution in [0.3, 0.4) is 0 Å². The second kappa shape index (κ2) is 9.86. The van der Waals surface area contributed by atoms with E-state index in [0.29, 0.717) is 28.2 Å². The van der Waals surface area contributed by atoms with E-state index in [2.05, 4.69) is 5.32 Å². The number of aryl methyl sites for hydroxylation is 2. The monoisotopic (exact) mass is 481 g/mol. The van der Waals surface area contributed by atoms with Crippen molar-refractivity contribution < 1.29 is 9.53 Å². The van der Waals surface area contributed by atoms with Gasteiger partial charge in [-0.25, -0.2) is 4.98 Å². The fourth-order valence-corrected chi connectivity index (χ4v) is 4.30. The molecule has 0 aliphatic carbocycles. The summed E-state index contributed by atoms with van der Waals surface area (Å²) in [6, 6.07) is 18.9. The molecule has 0 aliphatic rings. The Morgan fingerprint density at radius 1 is 1.06 bits per heavy atom. The van der Waals surface area contributed by atoms with E-state index in [4.69, 9.17) is 32.9 Å². The second-order valence-electron chi connectivity index (χ2n) is 8.09. The van der Waals surface area contributed by atoms with Crippen molar-refractivity contribution in [3.8, 4) is 5.75 Å². The minimum atomic E-state index is -0.353. The predicted molar refractivity (Wildman–Crippen MR) is 133 cm³/mol. The predicted octanol–water partition coefficient (Wildman–Crippen LogP) is 6.26. The molecule has 4 rings (SSSR count). The molecule has 0 fully saturated rings. The largest absolute Gasteiger partial charge is 0.483 e. The summed E-state index contributed by atoms with van der Waals surface area (Å²) in [5.41, 5.74) is 4.65. The van der Waals surface area contributed by atoms with E-state index < -0.39 is 0 Å². The molecule has 1 unspecified atom stereocenters. The third kappa shape index (κ3) is 5.15. The third-order valence-corrected chi connectivity index (χ3v) is 6.24. The van der Waals surface area contributed by atoms with Gasteiger partial charge in [-0.3, -0.25) is 4.79 Å². The lowest BCUT2D eigenvalue weighted by atomic mass is 10.1. The number of hydrogen-bond acceptors (Lipinski definition) is 3. The first-order valence-electron chi connectivity index (χ1n) is 10.7. The number of fused-ring (bicyclic) bond motifs is 1. The summed E-state index contributed by atoms with van der Waals surface area (Å²) in [6.07, 6.45) is 0. The lowest BCUT2D eigenvalue weighted by Crippen LogP contribution is -2.32. The highest BCUT2D eigenvalue weighted by Crippen LogP contribution is 2.29. The summed E-state index contributed by atoms with van der Waals surface area (Å²) in [4.78, 5) is 17.5. The maximum absolute atomic E-state index is 12.7. The molecule has 0 saturated heterocycles. The van der Waals surface area contributed by atoms with Crippen molar-refractivity contribution in [2.24, 2.45) is 0 Å². The Bertz CT molecular complexity index is 1300. The molecule has 0 radical (unpaired) electrons. The SMILES string of the molecule is Cc1ccc(C)c(OCC(=O)NC(C)c2nc3ccccc3n2Cc2c(Cl)cccc2Cl)c1. The van der Waals surface area contributed by atoms with E-state index in [1.165, 1.54) is 0 Å². The van der Waals surface area contributed by atoms with Crippen molar-refractivity contribution >= 4 is 40.1 Å². The zero-order chi connectivity index (χ0) is 23.5. The molecule has 0 saturated carbocycles. The van der Waals surface area contributed by atoms with E-state index in [0.717, 1.165) is 27.7 Å². The molecular weight excluding hydrogens is 457 g/mol. The number of halogens is 2. The van der Waals surface area contributed by atoms with Crippen molar-refractivity contribution in [3.05, 3.63) is 93.2 Å². The molecule has 1 heterocycles. The van der Waals surface area contributed by atoms with Crippen LogP contribution < -0.4 is 10.1 Å². The fourth-order valence-electron chi connectivity index (χ4n) is 3.79. The number of ether oxygens (including phenoxy) is 1. The number of nitrogens with one attached hydrogen (secondary N) is 1. The second-order valence-corrected chi connectivity index (χ2v) is 8.91. The summed E-state index contributed by atoms with van der Waals surface area (Å²) >= 11 is 12.9. The van der Waals surface area contributed by atoms with Gasteiger partial charge in [-0.2, -0.15) is 0 Å². The Balaban J connectivity index is 1.56. The molecule has 5 nitrogen and oxygen atoms in total. The van der Waals surface area contributed by atoms with Crippen LogP contribution in [0.1, 0.15) is 35.5 Å². The van der Waals surface area contributed by atoms with Crippen LogP contribution in [0.4, 0.5) is 0 Å². The van der Waals surface area contributed by atoms with Gasteiger partial charge in [0.25, 0.3) is 5.91 Å². The van der Waals surface area contributed by atoms with Gasteiger partial charge in [-0.15, -0.1) is 0 Å². The number of aromatic nitrogens is 2. The summed E-state index contributed by atoms with van der Waals surface area (Å²) in [6.45, 7) is 6.21. The molecule has 0 spiro atoms. The number of amides is 1. The molecule has 170 valence electrons. The highest BCUT2D eigenvalue weighted by atomic mass is 35.5. The number of rotatable bonds is 7. The Morgan fingerprint density at radius 2 is 1.79 bits per heavy atom. The first kappa shape index (κ1) is 23.1. The van der Waals surface area contributed by atoms with Gasteiger partial charge in [-0.05, 0) is 62.2 Å². The Labute approximate surface area is 203 Å². The molecule has 4 aromatic rings. The smallest absolute Gasteiger partial charge is 0.258 e. The summed E-state index contributed by atoms with van der Waals surface area (Å²) in [7, 11) is 0. The van der Waals surface area contributed by atoms with Crippen LogP contribution in [-0.4, -0.2) is 22.1 Å². The Hall–Kier alpha value is -3.02. The van der Waals surface area contributed by atoms with E-state index in [1.54, 1.807) is 0 Å².